The number of ether oxygens (including phenoxy) is 2. The summed E-state index contributed by atoms with van der Waals surface area (Å²) in [4.78, 5) is 0.0987. The molecule has 114 valence electrons. The molecule has 0 saturated carbocycles. The van der Waals surface area contributed by atoms with Crippen molar-refractivity contribution in [1.29, 1.82) is 0 Å². The third-order valence-corrected chi connectivity index (χ3v) is 3.80. The van der Waals surface area contributed by atoms with Gasteiger partial charge in [0.2, 0.25) is 10.0 Å². The van der Waals surface area contributed by atoms with E-state index >= 15 is 0 Å². The fourth-order valence-corrected chi connectivity index (χ4v) is 2.38. The summed E-state index contributed by atoms with van der Waals surface area (Å²) in [5, 5.41) is 9.10. The minimum absolute atomic E-state index is 0.0183. The predicted octanol–water partition coefficient (Wildman–Crippen LogP) is -0.338. The average Bonchev–Trinajstić information content (AvgIpc) is 2.42. The predicted molar refractivity (Wildman–Crippen MR) is 74.0 cm³/mol. The van der Waals surface area contributed by atoms with Crippen LogP contribution < -0.4 is 10.5 Å². The lowest BCUT2D eigenvalue weighted by Gasteiger charge is -2.08. The Morgan fingerprint density at radius 1 is 1.05 bits per heavy atom. The molecule has 0 aliphatic carbocycles. The summed E-state index contributed by atoms with van der Waals surface area (Å²) in [6, 6.07) is 5.30. The third-order valence-electron chi connectivity index (χ3n) is 2.32. The SMILES string of the molecule is NCCOCCOCCNS(=O)(=O)c1ccc(O)cc1. The number of sulfonamides is 1. The molecule has 0 bridgehead atoms. The minimum atomic E-state index is -3.57. The van der Waals surface area contributed by atoms with Gasteiger partial charge in [-0.15, -0.1) is 0 Å². The Kier molecular flexibility index (Phi) is 7.48. The Morgan fingerprint density at radius 3 is 2.25 bits per heavy atom. The third kappa shape index (κ3) is 6.31. The Hall–Kier alpha value is -1.19. The number of phenolic OH excluding ortho intramolecular Hbond substituents is 1. The lowest BCUT2D eigenvalue weighted by molar-refractivity contribution is 0.0530. The van der Waals surface area contributed by atoms with Crippen LogP contribution in [0.15, 0.2) is 29.2 Å². The Labute approximate surface area is 118 Å². The first-order valence-electron chi connectivity index (χ1n) is 6.20. The van der Waals surface area contributed by atoms with E-state index in [-0.39, 0.29) is 23.8 Å². The Bertz CT molecular complexity index is 475. The number of nitrogens with one attached hydrogen (secondary N) is 1. The number of aromatic hydroxyl groups is 1. The van der Waals surface area contributed by atoms with Crippen LogP contribution in [0.2, 0.25) is 0 Å². The van der Waals surface area contributed by atoms with Crippen molar-refractivity contribution >= 4 is 10.0 Å². The molecular weight excluding hydrogens is 284 g/mol. The summed E-state index contributed by atoms with van der Waals surface area (Å²) in [5.41, 5.74) is 5.25. The highest BCUT2D eigenvalue weighted by atomic mass is 32.2. The smallest absolute Gasteiger partial charge is 0.240 e. The summed E-state index contributed by atoms with van der Waals surface area (Å²) in [6.45, 7) is 2.19. The first-order valence-corrected chi connectivity index (χ1v) is 7.69. The lowest BCUT2D eigenvalue weighted by Crippen LogP contribution is -2.27. The highest BCUT2D eigenvalue weighted by Gasteiger charge is 2.12. The van der Waals surface area contributed by atoms with Gasteiger partial charge in [-0.05, 0) is 24.3 Å². The molecule has 0 aromatic heterocycles. The first-order chi connectivity index (χ1) is 9.56. The number of benzene rings is 1. The Balaban J connectivity index is 2.22. The van der Waals surface area contributed by atoms with Crippen LogP contribution >= 0.6 is 0 Å². The molecule has 0 heterocycles. The van der Waals surface area contributed by atoms with Gasteiger partial charge in [-0.3, -0.25) is 0 Å². The zero-order valence-electron chi connectivity index (χ0n) is 11.1. The molecule has 20 heavy (non-hydrogen) atoms. The van der Waals surface area contributed by atoms with Crippen LogP contribution in [0.4, 0.5) is 0 Å². The molecule has 0 fully saturated rings. The van der Waals surface area contributed by atoms with E-state index in [4.69, 9.17) is 20.3 Å². The van der Waals surface area contributed by atoms with E-state index in [0.29, 0.717) is 26.4 Å². The van der Waals surface area contributed by atoms with Gasteiger partial charge >= 0.3 is 0 Å². The zero-order valence-corrected chi connectivity index (χ0v) is 11.9. The quantitative estimate of drug-likeness (QED) is 0.510. The van der Waals surface area contributed by atoms with Crippen LogP contribution in [-0.4, -0.2) is 53.0 Å². The lowest BCUT2D eigenvalue weighted by atomic mass is 10.3. The molecular formula is C12H20N2O5S. The summed E-state index contributed by atoms with van der Waals surface area (Å²) < 4.78 is 36.4. The molecule has 0 aliphatic heterocycles. The van der Waals surface area contributed by atoms with Crippen LogP contribution in [0.1, 0.15) is 0 Å². The molecule has 0 atom stereocenters. The second-order valence-electron chi connectivity index (χ2n) is 3.91. The maximum Gasteiger partial charge on any atom is 0.240 e. The van der Waals surface area contributed by atoms with E-state index < -0.39 is 10.0 Å². The van der Waals surface area contributed by atoms with E-state index in [9.17, 15) is 8.42 Å². The molecule has 1 aromatic carbocycles. The van der Waals surface area contributed by atoms with Crippen LogP contribution in [0, 0.1) is 0 Å². The van der Waals surface area contributed by atoms with Gasteiger partial charge in [0.1, 0.15) is 5.75 Å². The Morgan fingerprint density at radius 2 is 1.65 bits per heavy atom. The maximum absolute atomic E-state index is 11.8. The van der Waals surface area contributed by atoms with E-state index in [1.807, 2.05) is 0 Å². The normalized spacial score (nSPS) is 11.7. The molecule has 0 radical (unpaired) electrons. The second-order valence-corrected chi connectivity index (χ2v) is 5.67. The molecule has 0 unspecified atom stereocenters. The van der Waals surface area contributed by atoms with Crippen LogP contribution in [0.5, 0.6) is 5.75 Å². The van der Waals surface area contributed by atoms with Gasteiger partial charge in [-0.1, -0.05) is 0 Å². The summed E-state index contributed by atoms with van der Waals surface area (Å²) in [6.07, 6.45) is 0. The van der Waals surface area contributed by atoms with Crippen molar-refractivity contribution in [2.75, 3.05) is 39.5 Å². The molecule has 8 heteroatoms. The topological polar surface area (TPSA) is 111 Å². The van der Waals surface area contributed by atoms with Crippen molar-refractivity contribution in [2.24, 2.45) is 5.73 Å². The number of nitrogens with two attached hydrogens (primary N) is 1. The van der Waals surface area contributed by atoms with Gasteiger partial charge in [0, 0.05) is 13.1 Å². The van der Waals surface area contributed by atoms with Gasteiger partial charge in [-0.25, -0.2) is 13.1 Å². The van der Waals surface area contributed by atoms with Crippen molar-refractivity contribution in [2.45, 2.75) is 4.90 Å². The van der Waals surface area contributed by atoms with Crippen molar-refractivity contribution < 1.29 is 23.0 Å². The number of phenols is 1. The number of rotatable bonds is 10. The second kappa shape index (κ2) is 8.88. The van der Waals surface area contributed by atoms with Gasteiger partial charge in [0.25, 0.3) is 0 Å². The maximum atomic E-state index is 11.8. The molecule has 0 amide bonds. The van der Waals surface area contributed by atoms with E-state index in [1.165, 1.54) is 24.3 Å². The van der Waals surface area contributed by atoms with Gasteiger partial charge in [0.05, 0.1) is 31.3 Å². The number of hydrogen-bond donors (Lipinski definition) is 3. The van der Waals surface area contributed by atoms with Gasteiger partial charge in [-0.2, -0.15) is 0 Å². The summed E-state index contributed by atoms with van der Waals surface area (Å²) in [5.74, 6) is 0.0183. The first kappa shape index (κ1) is 16.9. The van der Waals surface area contributed by atoms with E-state index in [2.05, 4.69) is 4.72 Å². The molecule has 4 N–H and O–H groups in total. The molecule has 0 saturated heterocycles. The minimum Gasteiger partial charge on any atom is -0.508 e. The fourth-order valence-electron chi connectivity index (χ4n) is 1.36. The standard InChI is InChI=1S/C12H20N2O5S/c13-5-7-18-9-10-19-8-6-14-20(16,17)12-3-1-11(15)2-4-12/h1-4,14-15H,5-10,13H2. The van der Waals surface area contributed by atoms with Crippen molar-refractivity contribution in [3.05, 3.63) is 24.3 Å². The summed E-state index contributed by atoms with van der Waals surface area (Å²) in [7, 11) is -3.57. The molecule has 0 aliphatic rings. The van der Waals surface area contributed by atoms with Crippen LogP contribution in [0.3, 0.4) is 0 Å². The van der Waals surface area contributed by atoms with Crippen molar-refractivity contribution in [3.63, 3.8) is 0 Å². The fraction of sp³-hybridized carbons (Fsp3) is 0.500. The molecule has 0 spiro atoms. The monoisotopic (exact) mass is 304 g/mol. The highest BCUT2D eigenvalue weighted by molar-refractivity contribution is 7.89. The highest BCUT2D eigenvalue weighted by Crippen LogP contribution is 2.13. The van der Waals surface area contributed by atoms with Crippen LogP contribution in [0.25, 0.3) is 0 Å². The molecule has 7 nitrogen and oxygen atoms in total. The number of hydrogen-bond acceptors (Lipinski definition) is 6. The average molecular weight is 304 g/mol. The molecule has 1 rings (SSSR count). The van der Waals surface area contributed by atoms with Gasteiger partial charge < -0.3 is 20.3 Å². The largest absolute Gasteiger partial charge is 0.508 e. The van der Waals surface area contributed by atoms with Crippen molar-refractivity contribution in [1.82, 2.24) is 4.72 Å². The van der Waals surface area contributed by atoms with Crippen LogP contribution in [-0.2, 0) is 19.5 Å². The van der Waals surface area contributed by atoms with Crippen molar-refractivity contribution in [3.8, 4) is 5.75 Å². The van der Waals surface area contributed by atoms with Gasteiger partial charge in [0.15, 0.2) is 0 Å². The van der Waals surface area contributed by atoms with E-state index in [0.717, 1.165) is 0 Å². The van der Waals surface area contributed by atoms with E-state index in [1.54, 1.807) is 0 Å². The molecule has 1 aromatic rings. The summed E-state index contributed by atoms with van der Waals surface area (Å²) >= 11 is 0. The zero-order chi connectivity index (χ0) is 14.8.